The van der Waals surface area contributed by atoms with Crippen molar-refractivity contribution in [3.05, 3.63) is 48.4 Å². The van der Waals surface area contributed by atoms with Gasteiger partial charge in [-0.25, -0.2) is 9.50 Å². The summed E-state index contributed by atoms with van der Waals surface area (Å²) in [7, 11) is 0. The third-order valence-corrected chi connectivity index (χ3v) is 4.69. The molecule has 7 nitrogen and oxygen atoms in total. The number of nitriles is 1. The molecule has 0 aliphatic rings. The maximum atomic E-state index is 8.51. The van der Waals surface area contributed by atoms with Gasteiger partial charge in [-0.3, -0.25) is 4.68 Å². The van der Waals surface area contributed by atoms with Crippen LogP contribution >= 0.6 is 11.3 Å². The maximum Gasteiger partial charge on any atom is 0.127 e. The van der Waals surface area contributed by atoms with E-state index in [0.717, 1.165) is 27.3 Å². The lowest BCUT2D eigenvalue weighted by Crippen LogP contribution is -2.20. The first-order chi connectivity index (χ1) is 12.3. The van der Waals surface area contributed by atoms with Gasteiger partial charge in [-0.2, -0.15) is 15.5 Å². The van der Waals surface area contributed by atoms with E-state index in [-0.39, 0.29) is 0 Å². The number of fused-ring (bicyclic) bond motifs is 1. The van der Waals surface area contributed by atoms with Gasteiger partial charge in [0.1, 0.15) is 5.01 Å². The second-order valence-corrected chi connectivity index (χ2v) is 6.31. The first-order valence-corrected chi connectivity index (χ1v) is 8.72. The van der Waals surface area contributed by atoms with Crippen LogP contribution in [0.5, 0.6) is 0 Å². The van der Waals surface area contributed by atoms with E-state index < -0.39 is 0 Å². The monoisotopic (exact) mass is 349 g/mol. The summed E-state index contributed by atoms with van der Waals surface area (Å²) in [6.45, 7) is 1.77. The summed E-state index contributed by atoms with van der Waals surface area (Å²) in [6, 6.07) is 8.05. The highest BCUT2D eigenvalue weighted by Crippen LogP contribution is 2.31. The molecular weight excluding hydrogens is 334 g/mol. The molecule has 0 amide bonds. The first-order valence-electron chi connectivity index (χ1n) is 7.84. The Morgan fingerprint density at radius 1 is 1.24 bits per heavy atom. The number of nitrogens with zero attached hydrogens (tertiary/aromatic N) is 6. The minimum Gasteiger partial charge on any atom is -0.303 e. The molecule has 0 bridgehead atoms. The van der Waals surface area contributed by atoms with Gasteiger partial charge in [0.25, 0.3) is 0 Å². The molecule has 4 aromatic heterocycles. The second kappa shape index (κ2) is 6.84. The van der Waals surface area contributed by atoms with E-state index in [1.54, 1.807) is 11.3 Å². The average molecular weight is 349 g/mol. The van der Waals surface area contributed by atoms with E-state index in [1.807, 2.05) is 57.6 Å². The first kappa shape index (κ1) is 15.5. The van der Waals surface area contributed by atoms with Crippen LogP contribution in [-0.4, -0.2) is 37.5 Å². The molecule has 4 rings (SSSR count). The fraction of sp³-hybridized carbons (Fsp3) is 0.176. The van der Waals surface area contributed by atoms with Gasteiger partial charge in [-0.05, 0) is 12.1 Å². The lowest BCUT2D eigenvalue weighted by atomic mass is 10.2. The Morgan fingerprint density at radius 3 is 3.12 bits per heavy atom. The van der Waals surface area contributed by atoms with E-state index in [9.17, 15) is 0 Å². The third-order valence-electron chi connectivity index (χ3n) is 3.81. The lowest BCUT2D eigenvalue weighted by Gasteiger charge is -2.00. The van der Waals surface area contributed by atoms with Crippen LogP contribution in [-0.2, 0) is 6.54 Å². The predicted molar refractivity (Wildman–Crippen MR) is 96.0 cm³/mol. The van der Waals surface area contributed by atoms with E-state index >= 15 is 0 Å². The third kappa shape index (κ3) is 3.15. The standard InChI is InChI=1S/C17H15N7S/c18-4-5-19-6-8-23-11-13(9-20-23)15-12-25-17(22-15)14-10-21-24-7-2-1-3-16(14)24/h1-3,7,9-12,19H,5-6,8H2. The van der Waals surface area contributed by atoms with Crippen molar-refractivity contribution in [1.29, 1.82) is 5.26 Å². The Balaban J connectivity index is 1.54. The molecule has 0 spiro atoms. The molecule has 0 fully saturated rings. The number of hydrogen-bond acceptors (Lipinski definition) is 6. The van der Waals surface area contributed by atoms with Crippen molar-refractivity contribution in [2.24, 2.45) is 0 Å². The minimum absolute atomic E-state index is 0.350. The van der Waals surface area contributed by atoms with Gasteiger partial charge in [-0.15, -0.1) is 11.3 Å². The van der Waals surface area contributed by atoms with Gasteiger partial charge < -0.3 is 5.32 Å². The number of aromatic nitrogens is 5. The average Bonchev–Trinajstić information content (AvgIpc) is 3.36. The summed E-state index contributed by atoms with van der Waals surface area (Å²) < 4.78 is 3.71. The van der Waals surface area contributed by atoms with E-state index in [0.29, 0.717) is 19.6 Å². The minimum atomic E-state index is 0.350. The Labute approximate surface area is 148 Å². The van der Waals surface area contributed by atoms with Crippen LogP contribution in [0.3, 0.4) is 0 Å². The SMILES string of the molecule is N#CCNCCn1cc(-c2csc(-c3cnn4ccccc34)n2)cn1. The molecule has 1 N–H and O–H groups in total. The quantitative estimate of drug-likeness (QED) is 0.427. The Morgan fingerprint density at radius 2 is 2.20 bits per heavy atom. The second-order valence-electron chi connectivity index (χ2n) is 5.45. The van der Waals surface area contributed by atoms with E-state index in [2.05, 4.69) is 21.6 Å². The number of pyridine rings is 1. The van der Waals surface area contributed by atoms with Gasteiger partial charge in [0.2, 0.25) is 0 Å². The molecule has 0 unspecified atom stereocenters. The zero-order valence-corrected chi connectivity index (χ0v) is 14.1. The summed E-state index contributed by atoms with van der Waals surface area (Å²) in [5.41, 5.74) is 3.97. The Kier molecular flexibility index (Phi) is 4.24. The lowest BCUT2D eigenvalue weighted by molar-refractivity contribution is 0.574. The van der Waals surface area contributed by atoms with Crippen LogP contribution < -0.4 is 5.32 Å². The van der Waals surface area contributed by atoms with Crippen LogP contribution in [0.1, 0.15) is 0 Å². The normalized spacial score (nSPS) is 11.0. The summed E-state index contributed by atoms with van der Waals surface area (Å²) in [4.78, 5) is 4.75. The van der Waals surface area contributed by atoms with Crippen LogP contribution in [0.2, 0.25) is 0 Å². The number of hydrogen-bond donors (Lipinski definition) is 1. The number of rotatable bonds is 6. The summed E-state index contributed by atoms with van der Waals surface area (Å²) in [5, 5.41) is 23.2. The summed E-state index contributed by atoms with van der Waals surface area (Å²) in [6.07, 6.45) is 7.57. The van der Waals surface area contributed by atoms with Crippen molar-refractivity contribution in [2.45, 2.75) is 6.54 Å². The molecule has 0 atom stereocenters. The fourth-order valence-electron chi connectivity index (χ4n) is 2.59. The van der Waals surface area contributed by atoms with E-state index in [1.165, 1.54) is 0 Å². The van der Waals surface area contributed by atoms with Crippen molar-refractivity contribution >= 4 is 16.9 Å². The van der Waals surface area contributed by atoms with Crippen molar-refractivity contribution in [3.63, 3.8) is 0 Å². The van der Waals surface area contributed by atoms with Crippen LogP contribution in [0, 0.1) is 11.3 Å². The van der Waals surface area contributed by atoms with Gasteiger partial charge in [0.15, 0.2) is 0 Å². The smallest absolute Gasteiger partial charge is 0.127 e. The topological polar surface area (TPSA) is 83.8 Å². The van der Waals surface area contributed by atoms with Crippen LogP contribution in [0.25, 0.3) is 27.3 Å². The zero-order chi connectivity index (χ0) is 17.1. The van der Waals surface area contributed by atoms with Gasteiger partial charge >= 0.3 is 0 Å². The van der Waals surface area contributed by atoms with E-state index in [4.69, 9.17) is 10.2 Å². The van der Waals surface area contributed by atoms with Crippen molar-refractivity contribution in [1.82, 2.24) is 29.7 Å². The van der Waals surface area contributed by atoms with Gasteiger partial charge in [0.05, 0.1) is 48.3 Å². The molecule has 0 saturated carbocycles. The number of nitrogens with one attached hydrogen (secondary N) is 1. The van der Waals surface area contributed by atoms with Gasteiger partial charge in [0, 0.05) is 29.9 Å². The largest absolute Gasteiger partial charge is 0.303 e. The highest BCUT2D eigenvalue weighted by molar-refractivity contribution is 7.13. The van der Waals surface area contributed by atoms with Crippen molar-refractivity contribution < 1.29 is 0 Å². The maximum absolute atomic E-state index is 8.51. The Hall–Kier alpha value is -3.02. The van der Waals surface area contributed by atoms with Crippen LogP contribution in [0.4, 0.5) is 0 Å². The molecule has 0 aromatic carbocycles. The summed E-state index contributed by atoms with van der Waals surface area (Å²) >= 11 is 1.60. The molecule has 0 saturated heterocycles. The fourth-order valence-corrected chi connectivity index (χ4v) is 3.43. The Bertz CT molecular complexity index is 1040. The molecule has 0 aliphatic carbocycles. The van der Waals surface area contributed by atoms with Crippen LogP contribution in [0.15, 0.2) is 48.4 Å². The zero-order valence-electron chi connectivity index (χ0n) is 13.3. The molecule has 124 valence electrons. The van der Waals surface area contributed by atoms with Crippen molar-refractivity contribution in [3.8, 4) is 27.9 Å². The predicted octanol–water partition coefficient (Wildman–Crippen LogP) is 2.43. The molecular formula is C17H15N7S. The molecule has 0 aliphatic heterocycles. The molecule has 25 heavy (non-hydrogen) atoms. The highest BCUT2D eigenvalue weighted by Gasteiger charge is 2.12. The summed E-state index contributed by atoms with van der Waals surface area (Å²) in [5.74, 6) is 0. The molecule has 0 radical (unpaired) electrons. The number of thiazole rings is 1. The highest BCUT2D eigenvalue weighted by atomic mass is 32.1. The molecule has 4 aromatic rings. The van der Waals surface area contributed by atoms with Crippen molar-refractivity contribution in [2.75, 3.05) is 13.1 Å². The molecule has 4 heterocycles. The molecule has 8 heteroatoms. The van der Waals surface area contributed by atoms with Gasteiger partial charge in [-0.1, -0.05) is 6.07 Å².